The average Bonchev–Trinajstić information content (AvgIpc) is 2.88. The van der Waals surface area contributed by atoms with E-state index in [2.05, 4.69) is 34.5 Å². The van der Waals surface area contributed by atoms with E-state index >= 15 is 0 Å². The largest absolute Gasteiger partial charge is 0.496 e. The number of para-hydroxylation sites is 1. The number of ether oxygens (including phenoxy) is 2. The fourth-order valence-electron chi connectivity index (χ4n) is 5.52. The molecule has 6 nitrogen and oxygen atoms in total. The second kappa shape index (κ2) is 10.0. The molecular formula is C27H35N3O3. The van der Waals surface area contributed by atoms with Crippen molar-refractivity contribution in [3.05, 3.63) is 53.6 Å². The van der Waals surface area contributed by atoms with Gasteiger partial charge in [-0.3, -0.25) is 4.79 Å². The summed E-state index contributed by atoms with van der Waals surface area (Å²) in [7, 11) is 1.63. The predicted molar refractivity (Wildman–Crippen MR) is 131 cm³/mol. The number of nitrogens with one attached hydrogen (secondary N) is 1. The van der Waals surface area contributed by atoms with Crippen LogP contribution in [-0.2, 0) is 6.42 Å². The predicted octanol–water partition coefficient (Wildman–Crippen LogP) is 3.88. The van der Waals surface area contributed by atoms with Crippen molar-refractivity contribution in [2.24, 2.45) is 0 Å². The Hall–Kier alpha value is -2.73. The zero-order chi connectivity index (χ0) is 22.6. The zero-order valence-corrected chi connectivity index (χ0v) is 19.6. The highest BCUT2D eigenvalue weighted by molar-refractivity contribution is 5.97. The summed E-state index contributed by atoms with van der Waals surface area (Å²) >= 11 is 0. The number of rotatable bonds is 5. The molecule has 2 aromatic rings. The van der Waals surface area contributed by atoms with E-state index in [4.69, 9.17) is 9.47 Å². The van der Waals surface area contributed by atoms with Crippen molar-refractivity contribution in [2.45, 2.75) is 50.7 Å². The summed E-state index contributed by atoms with van der Waals surface area (Å²) in [6.45, 7) is 4.63. The molecule has 1 N–H and O–H groups in total. The minimum Gasteiger partial charge on any atom is -0.496 e. The zero-order valence-electron chi connectivity index (χ0n) is 19.6. The molecule has 0 bridgehead atoms. The maximum absolute atomic E-state index is 13.3. The maximum atomic E-state index is 13.3. The lowest BCUT2D eigenvalue weighted by Crippen LogP contribution is -2.48. The van der Waals surface area contributed by atoms with E-state index in [1.165, 1.54) is 24.1 Å². The van der Waals surface area contributed by atoms with Crippen molar-refractivity contribution in [3.63, 3.8) is 0 Å². The molecule has 0 unspecified atom stereocenters. The highest BCUT2D eigenvalue weighted by Gasteiger charge is 2.30. The lowest BCUT2D eigenvalue weighted by molar-refractivity contribution is 0.0708. The second-order valence-electron chi connectivity index (χ2n) is 9.38. The Morgan fingerprint density at radius 2 is 1.79 bits per heavy atom. The van der Waals surface area contributed by atoms with Gasteiger partial charge in [-0.25, -0.2) is 0 Å². The minimum atomic E-state index is 0.0535. The summed E-state index contributed by atoms with van der Waals surface area (Å²) in [6.07, 6.45) is 6.59. The number of benzene rings is 2. The average molecular weight is 450 g/mol. The van der Waals surface area contributed by atoms with Crippen LogP contribution in [-0.4, -0.2) is 62.8 Å². The molecular weight excluding hydrogens is 414 g/mol. The number of fused-ring (bicyclic) bond motifs is 1. The first-order chi connectivity index (χ1) is 16.2. The van der Waals surface area contributed by atoms with Crippen LogP contribution in [0.15, 0.2) is 42.5 Å². The Morgan fingerprint density at radius 3 is 2.58 bits per heavy atom. The fraction of sp³-hybridized carbons (Fsp3) is 0.519. The molecule has 1 amide bonds. The van der Waals surface area contributed by atoms with Crippen molar-refractivity contribution >= 4 is 11.6 Å². The van der Waals surface area contributed by atoms with E-state index in [1.54, 1.807) is 7.11 Å². The van der Waals surface area contributed by atoms with Crippen LogP contribution in [0.5, 0.6) is 11.5 Å². The number of methoxy groups -OCH3 is 1. The van der Waals surface area contributed by atoms with Gasteiger partial charge in [0.1, 0.15) is 17.6 Å². The van der Waals surface area contributed by atoms with Crippen LogP contribution in [0.2, 0.25) is 0 Å². The summed E-state index contributed by atoms with van der Waals surface area (Å²) < 4.78 is 11.7. The summed E-state index contributed by atoms with van der Waals surface area (Å²) in [5, 5.41) is 3.35. The molecule has 0 spiro atoms. The number of anilines is 1. The van der Waals surface area contributed by atoms with Crippen LogP contribution in [0.3, 0.4) is 0 Å². The molecule has 0 radical (unpaired) electrons. The molecule has 0 aromatic heterocycles. The van der Waals surface area contributed by atoms with E-state index in [-0.39, 0.29) is 12.0 Å². The van der Waals surface area contributed by atoms with E-state index < -0.39 is 0 Å². The van der Waals surface area contributed by atoms with Crippen molar-refractivity contribution in [1.29, 1.82) is 0 Å². The minimum absolute atomic E-state index is 0.0535. The third kappa shape index (κ3) is 4.81. The molecule has 5 rings (SSSR count). The Morgan fingerprint density at radius 1 is 1.00 bits per heavy atom. The molecule has 0 atom stereocenters. The highest BCUT2D eigenvalue weighted by atomic mass is 16.5. The molecule has 2 aromatic carbocycles. The summed E-state index contributed by atoms with van der Waals surface area (Å²) in [6, 6.07) is 14.9. The van der Waals surface area contributed by atoms with Gasteiger partial charge in [-0.05, 0) is 75.4 Å². The Kier molecular flexibility index (Phi) is 6.72. The number of likely N-dealkylation sites (tertiary alicyclic amines) is 1. The van der Waals surface area contributed by atoms with E-state index in [0.717, 1.165) is 64.2 Å². The third-order valence-corrected chi connectivity index (χ3v) is 7.33. The van der Waals surface area contributed by atoms with Crippen LogP contribution in [0.25, 0.3) is 0 Å². The molecule has 0 saturated carbocycles. The van der Waals surface area contributed by atoms with Crippen LogP contribution in [0.4, 0.5) is 5.69 Å². The van der Waals surface area contributed by atoms with Gasteiger partial charge in [0.25, 0.3) is 5.91 Å². The van der Waals surface area contributed by atoms with Crippen molar-refractivity contribution in [3.8, 4) is 11.5 Å². The van der Waals surface area contributed by atoms with Gasteiger partial charge in [0.05, 0.1) is 12.7 Å². The molecule has 176 valence electrons. The number of nitrogens with zero attached hydrogens (tertiary/aromatic N) is 2. The number of carbonyl (C=O) groups is 1. The monoisotopic (exact) mass is 449 g/mol. The number of hydrogen-bond acceptors (Lipinski definition) is 5. The van der Waals surface area contributed by atoms with Crippen LogP contribution >= 0.6 is 0 Å². The number of hydrogen-bond donors (Lipinski definition) is 1. The van der Waals surface area contributed by atoms with Crippen molar-refractivity contribution < 1.29 is 14.3 Å². The molecule has 33 heavy (non-hydrogen) atoms. The molecule has 0 aliphatic carbocycles. The number of amides is 1. The van der Waals surface area contributed by atoms with E-state index in [0.29, 0.717) is 17.4 Å². The first kappa shape index (κ1) is 22.1. The van der Waals surface area contributed by atoms with Gasteiger partial charge in [-0.1, -0.05) is 18.2 Å². The smallest absolute Gasteiger partial charge is 0.257 e. The van der Waals surface area contributed by atoms with Gasteiger partial charge in [0, 0.05) is 37.4 Å². The molecule has 2 saturated heterocycles. The van der Waals surface area contributed by atoms with Crippen molar-refractivity contribution in [2.75, 3.05) is 44.7 Å². The van der Waals surface area contributed by atoms with Crippen LogP contribution in [0, 0.1) is 0 Å². The van der Waals surface area contributed by atoms with Crippen molar-refractivity contribution in [1.82, 2.24) is 10.2 Å². The number of carbonyl (C=O) groups excluding carboxylic acids is 1. The maximum Gasteiger partial charge on any atom is 0.257 e. The molecule has 3 aliphatic heterocycles. The van der Waals surface area contributed by atoms with Crippen LogP contribution in [0.1, 0.15) is 48.0 Å². The van der Waals surface area contributed by atoms with Gasteiger partial charge in [-0.2, -0.15) is 0 Å². The Labute approximate surface area is 196 Å². The summed E-state index contributed by atoms with van der Waals surface area (Å²) in [5.74, 6) is 1.43. The first-order valence-electron chi connectivity index (χ1n) is 12.4. The van der Waals surface area contributed by atoms with E-state index in [9.17, 15) is 4.79 Å². The SMILES string of the molecule is COc1cc(OC2CCNCC2)ccc1C(=O)N1CCC(N2CCCc3ccccc32)CC1. The van der Waals surface area contributed by atoms with Gasteiger partial charge >= 0.3 is 0 Å². The Balaban J connectivity index is 1.23. The molecule has 3 heterocycles. The molecule has 3 aliphatic rings. The van der Waals surface area contributed by atoms with Gasteiger partial charge in [-0.15, -0.1) is 0 Å². The topological polar surface area (TPSA) is 54.0 Å². The first-order valence-corrected chi connectivity index (χ1v) is 12.4. The van der Waals surface area contributed by atoms with Gasteiger partial charge in [0.15, 0.2) is 0 Å². The highest BCUT2D eigenvalue weighted by Crippen LogP contribution is 2.33. The lowest BCUT2D eigenvalue weighted by Gasteiger charge is -2.42. The Bertz CT molecular complexity index is 965. The van der Waals surface area contributed by atoms with Crippen LogP contribution < -0.4 is 19.7 Å². The normalized spacial score (nSPS) is 19.8. The molecule has 6 heteroatoms. The lowest BCUT2D eigenvalue weighted by atomic mass is 9.95. The summed E-state index contributed by atoms with van der Waals surface area (Å²) in [5.41, 5.74) is 3.47. The third-order valence-electron chi connectivity index (χ3n) is 7.33. The standard InChI is InChI=1S/C27H35N3O3/c1-32-26-19-23(33-22-10-14-28-15-11-22)8-9-24(26)27(31)29-17-12-21(13-18-29)30-16-4-6-20-5-2-3-7-25(20)30/h2-3,5,7-9,19,21-22,28H,4,6,10-18H2,1H3. The molecule has 2 fully saturated rings. The second-order valence-corrected chi connectivity index (χ2v) is 9.38. The fourth-order valence-corrected chi connectivity index (χ4v) is 5.52. The number of aryl methyl sites for hydroxylation is 1. The number of piperidine rings is 2. The van der Waals surface area contributed by atoms with E-state index in [1.807, 2.05) is 23.1 Å². The quantitative estimate of drug-likeness (QED) is 0.751. The summed E-state index contributed by atoms with van der Waals surface area (Å²) in [4.78, 5) is 17.9. The van der Waals surface area contributed by atoms with Gasteiger partial charge in [0.2, 0.25) is 0 Å². The van der Waals surface area contributed by atoms with Gasteiger partial charge < -0.3 is 24.6 Å².